The van der Waals surface area contributed by atoms with Gasteiger partial charge in [-0.25, -0.2) is 0 Å². The van der Waals surface area contributed by atoms with Gasteiger partial charge in [-0.05, 0) is 111 Å². The normalized spacial score (nSPS) is 16.2. The van der Waals surface area contributed by atoms with E-state index in [9.17, 15) is 27.4 Å². The Hall–Kier alpha value is -7.31. The quantitative estimate of drug-likeness (QED) is 0.0226. The van der Waals surface area contributed by atoms with E-state index in [1.54, 1.807) is 51.2 Å². The van der Waals surface area contributed by atoms with Crippen LogP contribution in [0.1, 0.15) is 82.6 Å². The number of hydrogen-bond donors (Lipinski definition) is 3. The van der Waals surface area contributed by atoms with Crippen molar-refractivity contribution in [3.05, 3.63) is 160 Å². The molecular weight excluding hydrogens is 1180 g/mol. The summed E-state index contributed by atoms with van der Waals surface area (Å²) in [6.07, 6.45) is 3.08. The minimum absolute atomic E-state index is 0.0625. The Bertz CT molecular complexity index is 3640. The van der Waals surface area contributed by atoms with E-state index in [0.29, 0.717) is 105 Å². The van der Waals surface area contributed by atoms with Crippen LogP contribution in [0.5, 0.6) is 23.0 Å². The third kappa shape index (κ3) is 14.9. The molecule has 3 atom stereocenters. The first-order chi connectivity index (χ1) is 42.3. The van der Waals surface area contributed by atoms with Crippen LogP contribution in [0.15, 0.2) is 126 Å². The smallest absolute Gasteiger partial charge is 0.276 e. The highest BCUT2D eigenvalue weighted by Crippen LogP contribution is 2.44. The SMILES string of the molecule is COCCOCCOCCN(CC(C)(C)SSCCC(C(=O)NC(C)(C)c1ccccc1)S(=O)(=O)O)c1cc(COc2cc3c(cc2OC)C(=O)N2c4ccccc4C[C@H]2C=N3)cc(COc2cc3c(cc2OC)C(=O)N2c4ccccc4C[C@H]2CN3)c1. The van der Waals surface area contributed by atoms with Gasteiger partial charge in [-0.15, -0.1) is 0 Å². The van der Waals surface area contributed by atoms with Crippen LogP contribution in [-0.4, -0.2) is 139 Å². The van der Waals surface area contributed by atoms with Crippen LogP contribution in [0.4, 0.5) is 28.4 Å². The van der Waals surface area contributed by atoms with Gasteiger partial charge in [0.15, 0.2) is 28.2 Å². The number of ether oxygens (including phenoxy) is 7. The third-order valence-corrected chi connectivity index (χ3v) is 20.4. The van der Waals surface area contributed by atoms with Gasteiger partial charge in [0.25, 0.3) is 21.9 Å². The first kappa shape index (κ1) is 63.7. The van der Waals surface area contributed by atoms with Crippen molar-refractivity contribution >= 4 is 84.1 Å². The number of nitrogens with zero attached hydrogens (tertiary/aromatic N) is 4. The topological polar surface area (TPSA) is 216 Å². The Morgan fingerprint density at radius 2 is 1.34 bits per heavy atom. The Labute approximate surface area is 522 Å². The number of rotatable bonds is 29. The second kappa shape index (κ2) is 28.0. The molecule has 0 aromatic heterocycles. The molecule has 3 amide bonds. The summed E-state index contributed by atoms with van der Waals surface area (Å²) in [6.45, 7) is 11.3. The second-order valence-electron chi connectivity index (χ2n) is 23.1. The van der Waals surface area contributed by atoms with E-state index in [4.69, 9.17) is 38.2 Å². The van der Waals surface area contributed by atoms with Gasteiger partial charge >= 0.3 is 0 Å². The van der Waals surface area contributed by atoms with Crippen LogP contribution < -0.4 is 44.3 Å². The standard InChI is InChI=1S/C66H76N6O13S3/c1-65(2,87-86-28-21-61(88(76,77)78)62(73)69-66(3,4)47-17-9-8-10-18-47)42-70(22-23-82-26-27-83-25-24-79-5)48-30-43(40-84-59-36-53-51(34-57(59)80-6)63(74)71-49(38-67-53)32-45-15-11-13-19-55(45)71)29-44(31-48)41-85-60-37-54-52(35-58(60)81-7)64(75)72-50(39-68-54)33-46-16-12-14-20-56(46)72/h8-20,29-31,34-38,49-50,61,68H,21-28,32-33,39-42H2,1-7H3,(H,69,73)(H,76,77,78)/t49-,50-,61?/m0/s1. The highest BCUT2D eigenvalue weighted by Gasteiger charge is 2.40. The maximum absolute atomic E-state index is 14.3. The molecule has 0 fully saturated rings. The molecule has 10 rings (SSSR count). The van der Waals surface area contributed by atoms with Crippen LogP contribution in [0.25, 0.3) is 0 Å². The lowest BCUT2D eigenvalue weighted by Gasteiger charge is -2.34. The number of carbonyl (C=O) groups is 3. The molecule has 6 aromatic rings. The highest BCUT2D eigenvalue weighted by molar-refractivity contribution is 8.77. The van der Waals surface area contributed by atoms with Crippen molar-refractivity contribution in [1.82, 2.24) is 5.32 Å². The fourth-order valence-electron chi connectivity index (χ4n) is 11.5. The number of fused-ring (bicyclic) bond motifs is 8. The highest BCUT2D eigenvalue weighted by atomic mass is 33.1. The van der Waals surface area contributed by atoms with Crippen molar-refractivity contribution in [2.75, 3.05) is 99.8 Å². The first-order valence-corrected chi connectivity index (χ1v) is 33.1. The van der Waals surface area contributed by atoms with Crippen LogP contribution in [0.3, 0.4) is 0 Å². The molecule has 1 unspecified atom stereocenters. The van der Waals surface area contributed by atoms with Gasteiger partial charge in [0.2, 0.25) is 5.91 Å². The summed E-state index contributed by atoms with van der Waals surface area (Å²) in [5.74, 6) is 0.723. The van der Waals surface area contributed by atoms with Crippen molar-refractivity contribution in [2.24, 2.45) is 4.99 Å². The summed E-state index contributed by atoms with van der Waals surface area (Å²) >= 11 is 0. The monoisotopic (exact) mass is 1260 g/mol. The number of benzene rings is 6. The van der Waals surface area contributed by atoms with Gasteiger partial charge in [0.05, 0.1) is 87.4 Å². The Kier molecular flexibility index (Phi) is 20.3. The molecule has 88 heavy (non-hydrogen) atoms. The Balaban J connectivity index is 0.922. The Morgan fingerprint density at radius 1 is 0.739 bits per heavy atom. The second-order valence-corrected chi connectivity index (χ2v) is 27.8. The van der Waals surface area contributed by atoms with Crippen molar-refractivity contribution in [3.63, 3.8) is 0 Å². The number of methoxy groups -OCH3 is 3. The first-order valence-electron chi connectivity index (χ1n) is 29.3. The number of carbonyl (C=O) groups excluding carboxylic acids is 3. The van der Waals surface area contributed by atoms with E-state index in [-0.39, 0.29) is 49.3 Å². The van der Waals surface area contributed by atoms with E-state index in [2.05, 4.69) is 41.5 Å². The van der Waals surface area contributed by atoms with Crippen molar-refractivity contribution < 1.29 is 60.5 Å². The molecule has 466 valence electrons. The molecule has 4 aliphatic heterocycles. The van der Waals surface area contributed by atoms with Crippen LogP contribution >= 0.6 is 21.6 Å². The van der Waals surface area contributed by atoms with E-state index in [0.717, 1.165) is 51.3 Å². The predicted molar refractivity (Wildman–Crippen MR) is 347 cm³/mol. The summed E-state index contributed by atoms with van der Waals surface area (Å²) in [7, 11) is 2.90. The van der Waals surface area contributed by atoms with E-state index < -0.39 is 31.6 Å². The van der Waals surface area contributed by atoms with Gasteiger partial charge in [-0.1, -0.05) is 88.3 Å². The zero-order chi connectivity index (χ0) is 62.2. The lowest BCUT2D eigenvalue weighted by Crippen LogP contribution is -2.48. The molecule has 3 N–H and O–H groups in total. The zero-order valence-electron chi connectivity index (χ0n) is 50.6. The molecule has 0 aliphatic carbocycles. The lowest BCUT2D eigenvalue weighted by atomic mass is 9.94. The maximum Gasteiger partial charge on any atom is 0.276 e. The van der Waals surface area contributed by atoms with E-state index in [1.165, 1.54) is 28.7 Å². The minimum Gasteiger partial charge on any atom is -0.493 e. The molecule has 0 saturated heterocycles. The van der Waals surface area contributed by atoms with Gasteiger partial charge in [-0.2, -0.15) is 8.42 Å². The number of anilines is 4. The number of hydrogen-bond acceptors (Lipinski definition) is 17. The fraction of sp³-hybridized carbons (Fsp3) is 0.394. The summed E-state index contributed by atoms with van der Waals surface area (Å²) in [4.78, 5) is 53.0. The zero-order valence-corrected chi connectivity index (χ0v) is 53.1. The molecular formula is C66H76N6O13S3. The number of para-hydroxylation sites is 2. The molecule has 4 aliphatic rings. The molecule has 0 bridgehead atoms. The molecule has 6 aromatic carbocycles. The largest absolute Gasteiger partial charge is 0.493 e. The van der Waals surface area contributed by atoms with Crippen LogP contribution in [0, 0.1) is 0 Å². The van der Waals surface area contributed by atoms with E-state index >= 15 is 0 Å². The summed E-state index contributed by atoms with van der Waals surface area (Å²) < 4.78 is 77.5. The van der Waals surface area contributed by atoms with Gasteiger partial charge in [-0.3, -0.25) is 28.8 Å². The minimum atomic E-state index is -4.76. The van der Waals surface area contributed by atoms with Crippen LogP contribution in [-0.2, 0) is 60.7 Å². The molecule has 0 saturated carbocycles. The van der Waals surface area contributed by atoms with Gasteiger partial charge < -0.3 is 53.6 Å². The summed E-state index contributed by atoms with van der Waals surface area (Å²) in [6, 6.07) is 37.9. The van der Waals surface area contributed by atoms with Crippen molar-refractivity contribution in [1.29, 1.82) is 0 Å². The molecule has 4 heterocycles. The Morgan fingerprint density at radius 3 is 2.01 bits per heavy atom. The van der Waals surface area contributed by atoms with Crippen LogP contribution in [0.2, 0.25) is 0 Å². The number of amides is 3. The maximum atomic E-state index is 14.3. The number of aliphatic imine (C=N–C) groups is 1. The molecule has 0 radical (unpaired) electrons. The van der Waals surface area contributed by atoms with Gasteiger partial charge in [0, 0.05) is 79.1 Å². The molecule has 22 heteroatoms. The predicted octanol–water partition coefficient (Wildman–Crippen LogP) is 10.5. The van der Waals surface area contributed by atoms with Crippen molar-refractivity contribution in [3.8, 4) is 23.0 Å². The molecule has 19 nitrogen and oxygen atoms in total. The number of nitrogens with one attached hydrogen (secondary N) is 2. The molecule has 0 spiro atoms. The summed E-state index contributed by atoms with van der Waals surface area (Å²) in [5, 5.41) is 4.69. The average molecular weight is 1260 g/mol. The summed E-state index contributed by atoms with van der Waals surface area (Å²) in [5.41, 5.74) is 8.19. The van der Waals surface area contributed by atoms with E-state index in [1.807, 2.05) is 102 Å². The fourth-order valence-corrected chi connectivity index (χ4v) is 15.0. The third-order valence-electron chi connectivity index (χ3n) is 15.9. The lowest BCUT2D eigenvalue weighted by molar-refractivity contribution is -0.122. The van der Waals surface area contributed by atoms with Crippen molar-refractivity contribution in [2.45, 2.75) is 87.8 Å². The average Bonchev–Trinajstić information content (AvgIpc) is 2.23. The van der Waals surface area contributed by atoms with Gasteiger partial charge in [0.1, 0.15) is 13.2 Å².